The number of halogens is 3. The minimum absolute atomic E-state index is 0.0464. The van der Waals surface area contributed by atoms with E-state index in [0.717, 1.165) is 36.1 Å². The Labute approximate surface area is 256 Å². The molecule has 0 saturated heterocycles. The molecule has 11 nitrogen and oxygen atoms in total. The highest BCUT2D eigenvalue weighted by atomic mass is 19.4. The molecule has 3 aromatic carbocycles. The molecule has 14 heteroatoms. The van der Waals surface area contributed by atoms with Gasteiger partial charge in [0.25, 0.3) is 11.9 Å². The predicted octanol–water partition coefficient (Wildman–Crippen LogP) is 6.31. The molecule has 1 amide bonds. The summed E-state index contributed by atoms with van der Waals surface area (Å²) in [5, 5.41) is 28.1. The van der Waals surface area contributed by atoms with Crippen LogP contribution in [0.25, 0.3) is 5.57 Å². The Kier molecular flexibility index (Phi) is 9.68. The zero-order chi connectivity index (χ0) is 31.6. The fourth-order valence-electron chi connectivity index (χ4n) is 4.75. The van der Waals surface area contributed by atoms with Crippen molar-refractivity contribution in [3.63, 3.8) is 0 Å². The minimum atomic E-state index is -4.81. The fourth-order valence-corrected chi connectivity index (χ4v) is 4.75. The Morgan fingerprint density at radius 1 is 1.02 bits per heavy atom. The molecule has 45 heavy (non-hydrogen) atoms. The van der Waals surface area contributed by atoms with Crippen LogP contribution in [0.15, 0.2) is 83.9 Å². The molecular formula is C31H28F3N9O2. The van der Waals surface area contributed by atoms with E-state index in [1.807, 2.05) is 35.2 Å². The average molecular weight is 616 g/mol. The molecule has 230 valence electrons. The third-order valence-electron chi connectivity index (χ3n) is 6.87. The topological polar surface area (TPSA) is 144 Å². The van der Waals surface area contributed by atoms with Crippen LogP contribution in [0.3, 0.4) is 0 Å². The second-order valence-electron chi connectivity index (χ2n) is 9.99. The summed E-state index contributed by atoms with van der Waals surface area (Å²) in [6, 6.07) is 22.1. The number of hydrogen-bond donors (Lipinski definition) is 3. The molecule has 1 aliphatic rings. The zero-order valence-corrected chi connectivity index (χ0v) is 23.9. The molecule has 0 radical (unpaired) electrons. The van der Waals surface area contributed by atoms with Crippen LogP contribution < -0.4 is 20.3 Å². The van der Waals surface area contributed by atoms with Crippen molar-refractivity contribution in [1.29, 1.82) is 5.26 Å². The summed E-state index contributed by atoms with van der Waals surface area (Å²) in [6.45, 7) is 0.107. The number of carbonyl (C=O) groups excluding carboxylic acids is 1. The first-order valence-electron chi connectivity index (χ1n) is 14.0. The lowest BCUT2D eigenvalue weighted by Crippen LogP contribution is -2.36. The lowest BCUT2D eigenvalue weighted by molar-refractivity contribution is -0.274. The number of tetrazole rings is 1. The number of guanidine groups is 1. The van der Waals surface area contributed by atoms with Gasteiger partial charge in [-0.25, -0.2) is 4.99 Å². The van der Waals surface area contributed by atoms with Gasteiger partial charge in [-0.05, 0) is 96.1 Å². The van der Waals surface area contributed by atoms with Gasteiger partial charge in [0.1, 0.15) is 12.3 Å². The van der Waals surface area contributed by atoms with Crippen molar-refractivity contribution < 1.29 is 22.7 Å². The molecule has 0 aliphatic heterocycles. The van der Waals surface area contributed by atoms with Gasteiger partial charge >= 0.3 is 6.36 Å². The van der Waals surface area contributed by atoms with Crippen LogP contribution >= 0.6 is 0 Å². The van der Waals surface area contributed by atoms with E-state index in [9.17, 15) is 23.2 Å². The van der Waals surface area contributed by atoms with Gasteiger partial charge in [0.2, 0.25) is 5.96 Å². The fraction of sp³-hybridized carbons (Fsp3) is 0.226. The molecule has 0 saturated carbocycles. The Hall–Kier alpha value is -5.71. The van der Waals surface area contributed by atoms with Gasteiger partial charge in [-0.2, -0.15) is 10.5 Å². The number of rotatable bonds is 9. The van der Waals surface area contributed by atoms with E-state index in [-0.39, 0.29) is 24.8 Å². The van der Waals surface area contributed by atoms with E-state index in [4.69, 9.17) is 0 Å². The summed E-state index contributed by atoms with van der Waals surface area (Å²) < 4.78 is 42.0. The van der Waals surface area contributed by atoms with Crippen LogP contribution in [-0.2, 0) is 6.54 Å². The van der Waals surface area contributed by atoms with Crippen molar-refractivity contribution in [2.24, 2.45) is 4.99 Å². The summed E-state index contributed by atoms with van der Waals surface area (Å²) in [5.74, 6) is -0.436. The zero-order valence-electron chi connectivity index (χ0n) is 23.9. The normalized spacial score (nSPS) is 13.4. The van der Waals surface area contributed by atoms with Gasteiger partial charge in [-0.3, -0.25) is 10.1 Å². The number of aromatic amines is 1. The first-order valence-corrected chi connectivity index (χ1v) is 14.0. The van der Waals surface area contributed by atoms with Gasteiger partial charge < -0.3 is 15.0 Å². The number of amides is 1. The number of ether oxygens (including phenoxy) is 1. The summed E-state index contributed by atoms with van der Waals surface area (Å²) in [7, 11) is 0. The molecule has 1 aliphatic carbocycles. The smallest absolute Gasteiger partial charge is 0.406 e. The molecular weight excluding hydrogens is 587 g/mol. The maximum Gasteiger partial charge on any atom is 0.573 e. The summed E-state index contributed by atoms with van der Waals surface area (Å²) >= 11 is 0. The average Bonchev–Trinajstić information content (AvgIpc) is 3.56. The van der Waals surface area contributed by atoms with E-state index in [1.165, 1.54) is 36.3 Å². The van der Waals surface area contributed by atoms with Crippen molar-refractivity contribution in [2.75, 3.05) is 22.1 Å². The van der Waals surface area contributed by atoms with Gasteiger partial charge in [0, 0.05) is 16.9 Å². The molecule has 5 rings (SSSR count). The van der Waals surface area contributed by atoms with Crippen molar-refractivity contribution in [2.45, 2.75) is 38.6 Å². The lowest BCUT2D eigenvalue weighted by atomic mass is 9.93. The number of H-pyrrole nitrogens is 1. The molecule has 1 aromatic heterocycles. The van der Waals surface area contributed by atoms with Gasteiger partial charge in [0.05, 0.1) is 12.6 Å². The Morgan fingerprint density at radius 3 is 2.40 bits per heavy atom. The third kappa shape index (κ3) is 8.66. The van der Waals surface area contributed by atoms with Crippen LogP contribution in [0.5, 0.6) is 5.75 Å². The van der Waals surface area contributed by atoms with Crippen LogP contribution in [0.4, 0.5) is 30.5 Å². The largest absolute Gasteiger partial charge is 0.573 e. The van der Waals surface area contributed by atoms with E-state index in [1.54, 1.807) is 24.3 Å². The maximum atomic E-state index is 12.7. The van der Waals surface area contributed by atoms with E-state index in [0.29, 0.717) is 17.2 Å². The summed E-state index contributed by atoms with van der Waals surface area (Å²) in [5.41, 5.74) is 4.80. The van der Waals surface area contributed by atoms with Crippen LogP contribution in [0, 0.1) is 11.3 Å². The molecule has 4 aromatic rings. The van der Waals surface area contributed by atoms with Crippen LogP contribution in [-0.4, -0.2) is 45.4 Å². The molecule has 0 atom stereocenters. The second-order valence-corrected chi connectivity index (χ2v) is 9.99. The number of aliphatic imine (C=N–C) groups is 1. The molecule has 0 unspecified atom stereocenters. The van der Waals surface area contributed by atoms with E-state index >= 15 is 0 Å². The van der Waals surface area contributed by atoms with Gasteiger partial charge in [0.15, 0.2) is 0 Å². The van der Waals surface area contributed by atoms with Gasteiger partial charge in [-0.15, -0.1) is 18.3 Å². The highest BCUT2D eigenvalue weighted by molar-refractivity contribution is 6.06. The number of allylic oxidation sites excluding steroid dienone is 2. The predicted molar refractivity (Wildman–Crippen MR) is 162 cm³/mol. The standard InChI is InChI=1S/C31H28F3N9O2/c32-31(33,34)45-27-16-12-25(13-17-27)37-30(36-19-18-35)43(26-14-10-23(11-15-26)22-4-2-1-3-5-22)20-21-6-8-24(9-7-21)28(44)38-29-39-41-42-40-29/h4,6-17H,1-3,5,19-20H2,(H,36,37)(H2,38,39,40,41,42,44). The Bertz CT molecular complexity index is 1680. The number of benzene rings is 3. The van der Waals surface area contributed by atoms with Crippen molar-refractivity contribution >= 4 is 34.8 Å². The Balaban J connectivity index is 1.42. The van der Waals surface area contributed by atoms with Crippen molar-refractivity contribution in [3.05, 3.63) is 95.6 Å². The SMILES string of the molecule is N#CCN=C(Nc1ccc(OC(F)(F)F)cc1)N(Cc1ccc(C(=O)Nc2nn[nH]n2)cc1)c1ccc(C2=CCCCC2)cc1. The number of nitrogens with zero attached hydrogens (tertiary/aromatic N) is 6. The number of alkyl halides is 3. The van der Waals surface area contributed by atoms with Gasteiger partial charge in [-0.1, -0.05) is 35.4 Å². The van der Waals surface area contributed by atoms with Crippen molar-refractivity contribution in [3.8, 4) is 11.8 Å². The second kappa shape index (κ2) is 14.2. The highest BCUT2D eigenvalue weighted by Gasteiger charge is 2.31. The molecule has 0 bridgehead atoms. The van der Waals surface area contributed by atoms with Crippen LogP contribution in [0.2, 0.25) is 0 Å². The molecule has 0 spiro atoms. The molecule has 1 heterocycles. The first kappa shape index (κ1) is 30.7. The summed E-state index contributed by atoms with van der Waals surface area (Å²) in [4.78, 5) is 18.9. The first-order chi connectivity index (χ1) is 21.8. The lowest BCUT2D eigenvalue weighted by Gasteiger charge is -2.28. The molecule has 0 fully saturated rings. The number of anilines is 3. The number of carbonyl (C=O) groups is 1. The molecule has 3 N–H and O–H groups in total. The number of aromatic nitrogens is 4. The number of hydrogen-bond acceptors (Lipinski definition) is 7. The van der Waals surface area contributed by atoms with E-state index in [2.05, 4.69) is 47.1 Å². The van der Waals surface area contributed by atoms with Crippen molar-refractivity contribution in [1.82, 2.24) is 20.6 Å². The van der Waals surface area contributed by atoms with Crippen LogP contribution in [0.1, 0.15) is 47.2 Å². The maximum absolute atomic E-state index is 12.7. The highest BCUT2D eigenvalue weighted by Crippen LogP contribution is 2.29. The third-order valence-corrected chi connectivity index (χ3v) is 6.87. The monoisotopic (exact) mass is 615 g/mol. The number of nitrogens with one attached hydrogen (secondary N) is 3. The summed E-state index contributed by atoms with van der Waals surface area (Å²) in [6.07, 6.45) is 1.84. The minimum Gasteiger partial charge on any atom is -0.406 e. The number of nitriles is 1. The Morgan fingerprint density at radius 2 is 1.78 bits per heavy atom. The van der Waals surface area contributed by atoms with E-state index < -0.39 is 12.3 Å². The quantitative estimate of drug-likeness (QED) is 0.113.